The van der Waals surface area contributed by atoms with Crippen molar-refractivity contribution in [2.45, 2.75) is 130 Å². The predicted molar refractivity (Wildman–Crippen MR) is 244 cm³/mol. The van der Waals surface area contributed by atoms with Crippen molar-refractivity contribution in [3.63, 3.8) is 0 Å². The first-order valence-electron chi connectivity index (χ1n) is 21.4. The topological polar surface area (TPSA) is 43.4 Å². The van der Waals surface area contributed by atoms with Gasteiger partial charge in [-0.2, -0.15) is 0 Å². The van der Waals surface area contributed by atoms with Gasteiger partial charge in [0.2, 0.25) is 0 Å². The number of hydrogen-bond donors (Lipinski definition) is 0. The quantitative estimate of drug-likeness (QED) is 0.105. The average molecular weight is 777 g/mol. The standard InChI is InChI=1S/C50H62B2N2O4/c1-11-13-15-37-17-25-41(26-18-37)53(42-27-19-38(20-28-42)16-14-12-2)45-33-35-46(36-34-45)54(43-29-21-39(22-30-43)51-55-47(3,4)48(5,6)56-51)44-31-23-40(24-32-44)52-57-49(7,8)50(9,10)58-52/h17-36H,11-16H2,1-10H3. The Hall–Kier alpha value is -4.33. The first-order chi connectivity index (χ1) is 27.6. The maximum atomic E-state index is 6.40. The van der Waals surface area contributed by atoms with Crippen molar-refractivity contribution in [2.75, 3.05) is 9.80 Å². The molecule has 0 saturated carbocycles. The summed E-state index contributed by atoms with van der Waals surface area (Å²) in [6.07, 6.45) is 6.98. The Kier molecular flexibility index (Phi) is 12.1. The number of hydrogen-bond acceptors (Lipinski definition) is 6. The average Bonchev–Trinajstić information content (AvgIpc) is 3.57. The van der Waals surface area contributed by atoms with Gasteiger partial charge in [0.05, 0.1) is 22.4 Å². The highest BCUT2D eigenvalue weighted by Gasteiger charge is 2.52. The van der Waals surface area contributed by atoms with E-state index in [-0.39, 0.29) is 0 Å². The zero-order valence-corrected chi connectivity index (χ0v) is 36.5. The Morgan fingerprint density at radius 3 is 0.828 bits per heavy atom. The van der Waals surface area contributed by atoms with Crippen LogP contribution in [0.25, 0.3) is 0 Å². The molecule has 0 atom stereocenters. The second-order valence-corrected chi connectivity index (χ2v) is 18.1. The van der Waals surface area contributed by atoms with Crippen LogP contribution in [0.3, 0.4) is 0 Å². The molecule has 2 aliphatic heterocycles. The molecule has 0 N–H and O–H groups in total. The third-order valence-electron chi connectivity index (χ3n) is 12.7. The maximum absolute atomic E-state index is 6.40. The van der Waals surface area contributed by atoms with E-state index in [1.165, 1.54) is 36.8 Å². The van der Waals surface area contributed by atoms with Crippen LogP contribution in [0.2, 0.25) is 0 Å². The van der Waals surface area contributed by atoms with Gasteiger partial charge in [0, 0.05) is 34.1 Å². The molecule has 58 heavy (non-hydrogen) atoms. The lowest BCUT2D eigenvalue weighted by Gasteiger charge is -2.32. The molecular weight excluding hydrogens is 714 g/mol. The summed E-state index contributed by atoms with van der Waals surface area (Å²) >= 11 is 0. The minimum absolute atomic E-state index is 0.412. The molecule has 0 spiro atoms. The molecule has 0 bridgehead atoms. The molecule has 2 fully saturated rings. The molecule has 0 radical (unpaired) electrons. The number of benzene rings is 5. The normalized spacial score (nSPS) is 17.8. The van der Waals surface area contributed by atoms with Crippen LogP contribution in [0.1, 0.15) is 106 Å². The second-order valence-electron chi connectivity index (χ2n) is 18.1. The summed E-state index contributed by atoms with van der Waals surface area (Å²) in [5.74, 6) is 0. The highest BCUT2D eigenvalue weighted by molar-refractivity contribution is 6.62. The van der Waals surface area contributed by atoms with E-state index in [0.29, 0.717) is 0 Å². The van der Waals surface area contributed by atoms with Crippen LogP contribution in [0.4, 0.5) is 34.1 Å². The Balaban J connectivity index is 1.24. The molecule has 5 aromatic rings. The monoisotopic (exact) mass is 776 g/mol. The minimum atomic E-state index is -0.432. The molecule has 6 nitrogen and oxygen atoms in total. The molecule has 2 heterocycles. The van der Waals surface area contributed by atoms with Crippen LogP contribution < -0.4 is 20.7 Å². The van der Waals surface area contributed by atoms with Gasteiger partial charge >= 0.3 is 14.2 Å². The number of unbranched alkanes of at least 4 members (excludes halogenated alkanes) is 2. The van der Waals surface area contributed by atoms with Crippen molar-refractivity contribution in [1.82, 2.24) is 0 Å². The van der Waals surface area contributed by atoms with Gasteiger partial charge in [-0.3, -0.25) is 0 Å². The molecule has 0 aromatic heterocycles. The van der Waals surface area contributed by atoms with Gasteiger partial charge in [-0.05, 0) is 176 Å². The fourth-order valence-corrected chi connectivity index (χ4v) is 7.55. The molecule has 8 heteroatoms. The summed E-state index contributed by atoms with van der Waals surface area (Å²) in [5, 5.41) is 0. The van der Waals surface area contributed by atoms with Crippen molar-refractivity contribution in [3.05, 3.63) is 132 Å². The number of rotatable bonds is 14. The Labute approximate surface area is 349 Å². The predicted octanol–water partition coefficient (Wildman–Crippen LogP) is 11.9. The lowest BCUT2D eigenvalue weighted by molar-refractivity contribution is 0.00578. The fraction of sp³-hybridized carbons (Fsp3) is 0.400. The Morgan fingerprint density at radius 1 is 0.362 bits per heavy atom. The van der Waals surface area contributed by atoms with E-state index in [1.54, 1.807) is 0 Å². The van der Waals surface area contributed by atoms with E-state index in [4.69, 9.17) is 18.6 Å². The van der Waals surface area contributed by atoms with Gasteiger partial charge in [0.25, 0.3) is 0 Å². The van der Waals surface area contributed by atoms with E-state index in [1.807, 2.05) is 0 Å². The number of aryl methyl sites for hydroxylation is 2. The minimum Gasteiger partial charge on any atom is -0.399 e. The summed E-state index contributed by atoms with van der Waals surface area (Å²) < 4.78 is 25.6. The van der Waals surface area contributed by atoms with Crippen LogP contribution in [-0.2, 0) is 31.5 Å². The third kappa shape index (κ3) is 8.67. The van der Waals surface area contributed by atoms with Crippen molar-refractivity contribution in [2.24, 2.45) is 0 Å². The van der Waals surface area contributed by atoms with E-state index < -0.39 is 36.6 Å². The summed E-state index contributed by atoms with van der Waals surface area (Å²) in [6, 6.07) is 44.2. The third-order valence-corrected chi connectivity index (χ3v) is 12.7. The van der Waals surface area contributed by atoms with Gasteiger partial charge in [-0.1, -0.05) is 75.2 Å². The van der Waals surface area contributed by atoms with Crippen LogP contribution >= 0.6 is 0 Å². The molecule has 5 aromatic carbocycles. The SMILES string of the molecule is CCCCc1ccc(N(c2ccc(CCCC)cc2)c2ccc(N(c3ccc(B4OC(C)(C)C(C)(C)O4)cc3)c3ccc(B4OC(C)(C)C(C)(C)O4)cc3)cc2)cc1. The van der Waals surface area contributed by atoms with Gasteiger partial charge in [0.15, 0.2) is 0 Å². The molecule has 2 aliphatic rings. The largest absolute Gasteiger partial charge is 0.494 e. The summed E-state index contributed by atoms with van der Waals surface area (Å²) in [4.78, 5) is 4.65. The van der Waals surface area contributed by atoms with Crippen molar-refractivity contribution in [3.8, 4) is 0 Å². The highest BCUT2D eigenvalue weighted by atomic mass is 16.7. The van der Waals surface area contributed by atoms with E-state index in [2.05, 4.69) is 200 Å². The van der Waals surface area contributed by atoms with Gasteiger partial charge in [-0.25, -0.2) is 0 Å². The molecule has 2 saturated heterocycles. The lowest BCUT2D eigenvalue weighted by Crippen LogP contribution is -2.41. The summed E-state index contributed by atoms with van der Waals surface area (Å²) in [6.45, 7) is 21.2. The number of nitrogens with zero attached hydrogens (tertiary/aromatic N) is 2. The van der Waals surface area contributed by atoms with Crippen LogP contribution in [0.15, 0.2) is 121 Å². The summed E-state index contributed by atoms with van der Waals surface area (Å²) in [7, 11) is -0.864. The van der Waals surface area contributed by atoms with E-state index >= 15 is 0 Å². The van der Waals surface area contributed by atoms with E-state index in [0.717, 1.165) is 57.9 Å². The van der Waals surface area contributed by atoms with Crippen LogP contribution in [0, 0.1) is 0 Å². The van der Waals surface area contributed by atoms with Crippen LogP contribution in [-0.4, -0.2) is 36.6 Å². The van der Waals surface area contributed by atoms with Gasteiger partial charge in [-0.15, -0.1) is 0 Å². The molecule has 0 aliphatic carbocycles. The van der Waals surface area contributed by atoms with Crippen molar-refractivity contribution < 1.29 is 18.6 Å². The Bertz CT molecular complexity index is 1950. The fourth-order valence-electron chi connectivity index (χ4n) is 7.55. The Morgan fingerprint density at radius 2 is 0.586 bits per heavy atom. The maximum Gasteiger partial charge on any atom is 0.494 e. The molecule has 302 valence electrons. The zero-order chi connectivity index (χ0) is 41.3. The van der Waals surface area contributed by atoms with Crippen molar-refractivity contribution >= 4 is 59.3 Å². The number of anilines is 6. The smallest absolute Gasteiger partial charge is 0.399 e. The summed E-state index contributed by atoms with van der Waals surface area (Å²) in [5.41, 5.74) is 9.56. The van der Waals surface area contributed by atoms with Gasteiger partial charge in [0.1, 0.15) is 0 Å². The second kappa shape index (κ2) is 16.7. The van der Waals surface area contributed by atoms with Gasteiger partial charge < -0.3 is 28.4 Å². The first-order valence-corrected chi connectivity index (χ1v) is 21.4. The highest BCUT2D eigenvalue weighted by Crippen LogP contribution is 2.41. The zero-order valence-electron chi connectivity index (χ0n) is 36.5. The van der Waals surface area contributed by atoms with E-state index in [9.17, 15) is 0 Å². The molecular formula is C50H62B2N2O4. The van der Waals surface area contributed by atoms with Crippen molar-refractivity contribution in [1.29, 1.82) is 0 Å². The molecule has 0 amide bonds. The lowest BCUT2D eigenvalue weighted by atomic mass is 9.79. The van der Waals surface area contributed by atoms with Crippen LogP contribution in [0.5, 0.6) is 0 Å². The first kappa shape index (κ1) is 41.8. The molecule has 7 rings (SSSR count). The molecule has 0 unspecified atom stereocenters.